The highest BCUT2D eigenvalue weighted by atomic mass is 32.1. The first kappa shape index (κ1) is 17.3. The van der Waals surface area contributed by atoms with Crippen LogP contribution in [0.4, 0.5) is 5.00 Å². The van der Waals surface area contributed by atoms with Gasteiger partial charge in [0.05, 0.1) is 10.4 Å². The molecule has 25 heavy (non-hydrogen) atoms. The van der Waals surface area contributed by atoms with Crippen LogP contribution < -0.4 is 11.1 Å². The van der Waals surface area contributed by atoms with Crippen molar-refractivity contribution in [2.75, 3.05) is 11.9 Å². The van der Waals surface area contributed by atoms with Crippen LogP contribution in [0.25, 0.3) is 9.88 Å². The quantitative estimate of drug-likeness (QED) is 0.626. The molecular weight excluding hydrogens is 382 g/mol. The molecule has 0 saturated heterocycles. The number of carbonyl (C=O) groups is 3. The molecule has 3 N–H and O–H groups in total. The number of nitrogens with one attached hydrogen (secondary N) is 1. The second-order valence-corrected chi connectivity index (χ2v) is 7.39. The molecule has 0 spiro atoms. The number of carbonyl (C=O) groups excluding carboxylic acids is 3. The smallest absolute Gasteiger partial charge is 0.358 e. The van der Waals surface area contributed by atoms with E-state index in [1.165, 1.54) is 28.7 Å². The number of thiazole rings is 1. The minimum absolute atomic E-state index is 0.148. The molecule has 7 nitrogen and oxygen atoms in total. The maximum absolute atomic E-state index is 12.0. The number of aromatic nitrogens is 1. The zero-order valence-electron chi connectivity index (χ0n) is 12.6. The molecule has 3 aromatic rings. The first-order valence-electron chi connectivity index (χ1n) is 6.88. The number of esters is 1. The third kappa shape index (κ3) is 4.10. The van der Waals surface area contributed by atoms with Crippen LogP contribution in [0.1, 0.15) is 20.8 Å². The molecule has 3 heterocycles. The Bertz CT molecular complexity index is 914. The van der Waals surface area contributed by atoms with Gasteiger partial charge in [-0.1, -0.05) is 6.07 Å². The van der Waals surface area contributed by atoms with Crippen molar-refractivity contribution in [3.8, 4) is 9.88 Å². The zero-order valence-corrected chi connectivity index (χ0v) is 15.0. The Labute approximate surface area is 154 Å². The molecule has 2 amide bonds. The van der Waals surface area contributed by atoms with E-state index in [4.69, 9.17) is 10.5 Å². The average Bonchev–Trinajstić information content (AvgIpc) is 3.31. The lowest BCUT2D eigenvalue weighted by molar-refractivity contribution is -0.119. The molecule has 0 unspecified atom stereocenters. The highest BCUT2D eigenvalue weighted by molar-refractivity contribution is 7.20. The fourth-order valence-electron chi connectivity index (χ4n) is 1.85. The number of nitrogens with zero attached hydrogens (tertiary/aromatic N) is 1. The van der Waals surface area contributed by atoms with Gasteiger partial charge in [0.1, 0.15) is 10.0 Å². The number of ether oxygens (including phenoxy) is 1. The Balaban J connectivity index is 1.56. The number of hydrogen-bond donors (Lipinski definition) is 2. The predicted molar refractivity (Wildman–Crippen MR) is 97.2 cm³/mol. The normalized spacial score (nSPS) is 10.4. The number of thiophene rings is 2. The molecule has 0 atom stereocenters. The highest BCUT2D eigenvalue weighted by Crippen LogP contribution is 2.28. The van der Waals surface area contributed by atoms with Crippen molar-refractivity contribution in [1.82, 2.24) is 4.98 Å². The van der Waals surface area contributed by atoms with Crippen LogP contribution in [0.2, 0.25) is 0 Å². The van der Waals surface area contributed by atoms with Gasteiger partial charge < -0.3 is 15.8 Å². The fourth-order valence-corrected chi connectivity index (χ4v) is 4.26. The lowest BCUT2D eigenvalue weighted by Gasteiger charge is -2.05. The molecule has 3 aromatic heterocycles. The SMILES string of the molecule is NC(=O)c1ccsc1NC(=O)COC(=O)c1csc(-c2cccs2)n1. The zero-order chi connectivity index (χ0) is 17.8. The molecule has 0 bridgehead atoms. The summed E-state index contributed by atoms with van der Waals surface area (Å²) in [6.45, 7) is -0.485. The Kier molecular flexibility index (Phi) is 5.22. The number of primary amides is 1. The number of anilines is 1. The van der Waals surface area contributed by atoms with Gasteiger partial charge in [0.25, 0.3) is 11.8 Å². The van der Waals surface area contributed by atoms with Crippen molar-refractivity contribution in [3.63, 3.8) is 0 Å². The molecule has 0 aliphatic carbocycles. The second kappa shape index (κ2) is 7.55. The largest absolute Gasteiger partial charge is 0.451 e. The third-order valence-electron chi connectivity index (χ3n) is 2.96. The molecule has 0 aliphatic rings. The standard InChI is InChI=1S/C15H11N3O4S3/c16-12(20)8-3-5-24-13(8)18-11(19)6-22-15(21)9-7-25-14(17-9)10-2-1-4-23-10/h1-5,7H,6H2,(H2,16,20)(H,18,19). The van der Waals surface area contributed by atoms with E-state index < -0.39 is 24.4 Å². The van der Waals surface area contributed by atoms with Gasteiger partial charge in [0.15, 0.2) is 12.3 Å². The van der Waals surface area contributed by atoms with Crippen LogP contribution in [0.5, 0.6) is 0 Å². The van der Waals surface area contributed by atoms with Crippen LogP contribution in [0.15, 0.2) is 34.3 Å². The Morgan fingerprint density at radius 3 is 2.72 bits per heavy atom. The van der Waals surface area contributed by atoms with E-state index >= 15 is 0 Å². The second-order valence-electron chi connectivity index (χ2n) is 4.67. The van der Waals surface area contributed by atoms with E-state index in [1.807, 2.05) is 17.5 Å². The van der Waals surface area contributed by atoms with Crippen LogP contribution >= 0.6 is 34.0 Å². The Hall–Kier alpha value is -2.56. The number of rotatable bonds is 6. The highest BCUT2D eigenvalue weighted by Gasteiger charge is 2.17. The van der Waals surface area contributed by atoms with Crippen LogP contribution in [-0.2, 0) is 9.53 Å². The van der Waals surface area contributed by atoms with Crippen LogP contribution in [0, 0.1) is 0 Å². The Morgan fingerprint density at radius 1 is 1.16 bits per heavy atom. The lowest BCUT2D eigenvalue weighted by Crippen LogP contribution is -2.22. The van der Waals surface area contributed by atoms with Gasteiger partial charge in [-0.05, 0) is 22.9 Å². The molecule has 128 valence electrons. The van der Waals surface area contributed by atoms with E-state index in [0.717, 1.165) is 21.2 Å². The fraction of sp³-hybridized carbons (Fsp3) is 0.0667. The number of hydrogen-bond acceptors (Lipinski definition) is 8. The average molecular weight is 393 g/mol. The van der Waals surface area contributed by atoms with E-state index in [1.54, 1.807) is 10.8 Å². The maximum atomic E-state index is 12.0. The van der Waals surface area contributed by atoms with Gasteiger partial charge >= 0.3 is 5.97 Å². The molecule has 0 saturated carbocycles. The minimum Gasteiger partial charge on any atom is -0.451 e. The molecule has 0 aliphatic heterocycles. The summed E-state index contributed by atoms with van der Waals surface area (Å²) in [7, 11) is 0. The minimum atomic E-state index is -0.685. The third-order valence-corrected chi connectivity index (χ3v) is 5.67. The van der Waals surface area contributed by atoms with Crippen LogP contribution in [0.3, 0.4) is 0 Å². The molecule has 0 aromatic carbocycles. The number of amides is 2. The van der Waals surface area contributed by atoms with Crippen LogP contribution in [-0.4, -0.2) is 29.4 Å². The van der Waals surface area contributed by atoms with Crippen molar-refractivity contribution in [1.29, 1.82) is 0 Å². The Morgan fingerprint density at radius 2 is 2.00 bits per heavy atom. The van der Waals surface area contributed by atoms with Crippen molar-refractivity contribution in [3.05, 3.63) is 45.6 Å². The maximum Gasteiger partial charge on any atom is 0.358 e. The summed E-state index contributed by atoms with van der Waals surface area (Å²) in [5, 5.41) is 8.66. The van der Waals surface area contributed by atoms with Crippen molar-refractivity contribution in [2.24, 2.45) is 5.73 Å². The van der Waals surface area contributed by atoms with Gasteiger partial charge in [-0.25, -0.2) is 9.78 Å². The molecular formula is C15H11N3O4S3. The van der Waals surface area contributed by atoms with E-state index in [2.05, 4.69) is 10.3 Å². The van der Waals surface area contributed by atoms with Gasteiger partial charge in [-0.15, -0.1) is 34.0 Å². The predicted octanol–water partition coefficient (Wildman–Crippen LogP) is 2.83. The molecule has 10 heteroatoms. The summed E-state index contributed by atoms with van der Waals surface area (Å²) < 4.78 is 4.95. The van der Waals surface area contributed by atoms with Gasteiger partial charge in [-0.2, -0.15) is 0 Å². The summed E-state index contributed by atoms with van der Waals surface area (Å²) in [5.41, 5.74) is 5.56. The first-order valence-corrected chi connectivity index (χ1v) is 9.52. The van der Waals surface area contributed by atoms with Crippen molar-refractivity contribution < 1.29 is 19.1 Å². The summed E-state index contributed by atoms with van der Waals surface area (Å²) in [4.78, 5) is 40.2. The lowest BCUT2D eigenvalue weighted by atomic mass is 10.3. The first-order chi connectivity index (χ1) is 12.0. The van der Waals surface area contributed by atoms with Crippen molar-refractivity contribution in [2.45, 2.75) is 0 Å². The summed E-state index contributed by atoms with van der Waals surface area (Å²) >= 11 is 4.00. The van der Waals surface area contributed by atoms with Gasteiger partial charge in [0, 0.05) is 5.38 Å². The number of nitrogens with two attached hydrogens (primary N) is 1. The topological polar surface area (TPSA) is 111 Å². The summed E-state index contributed by atoms with van der Waals surface area (Å²) in [5.74, 6) is -1.89. The molecule has 0 fully saturated rings. The molecule has 0 radical (unpaired) electrons. The summed E-state index contributed by atoms with van der Waals surface area (Å²) in [6, 6.07) is 5.31. The molecule has 3 rings (SSSR count). The van der Waals surface area contributed by atoms with Gasteiger partial charge in [-0.3, -0.25) is 9.59 Å². The van der Waals surface area contributed by atoms with E-state index in [-0.39, 0.29) is 11.3 Å². The van der Waals surface area contributed by atoms with Crippen molar-refractivity contribution >= 4 is 56.8 Å². The monoisotopic (exact) mass is 393 g/mol. The summed E-state index contributed by atoms with van der Waals surface area (Å²) in [6.07, 6.45) is 0. The van der Waals surface area contributed by atoms with E-state index in [0.29, 0.717) is 5.00 Å². The van der Waals surface area contributed by atoms with Gasteiger partial charge in [0.2, 0.25) is 0 Å². The van der Waals surface area contributed by atoms with E-state index in [9.17, 15) is 14.4 Å².